The average Bonchev–Trinajstić information content (AvgIpc) is 3.55. The molecule has 0 radical (unpaired) electrons. The SMILES string of the molecule is Cc1ccc(-c2nnn(CC(=O)N(C[C@H]3CCCO3)[C@@H](C(=O)NC(C)(C)C)c3ccc(C)o3)n2)o1. The van der Waals surface area contributed by atoms with Crippen LogP contribution in [0.3, 0.4) is 0 Å². The van der Waals surface area contributed by atoms with Gasteiger partial charge >= 0.3 is 0 Å². The van der Waals surface area contributed by atoms with E-state index in [1.165, 1.54) is 9.70 Å². The van der Waals surface area contributed by atoms with Gasteiger partial charge < -0.3 is 23.8 Å². The van der Waals surface area contributed by atoms with Crippen molar-refractivity contribution in [3.8, 4) is 11.6 Å². The molecule has 11 nitrogen and oxygen atoms in total. The molecule has 0 saturated carbocycles. The van der Waals surface area contributed by atoms with Gasteiger partial charge in [-0.15, -0.1) is 10.2 Å². The van der Waals surface area contributed by atoms with Gasteiger partial charge in [-0.25, -0.2) is 0 Å². The van der Waals surface area contributed by atoms with E-state index in [-0.39, 0.29) is 36.8 Å². The molecule has 188 valence electrons. The van der Waals surface area contributed by atoms with Crippen LogP contribution in [0.4, 0.5) is 0 Å². The van der Waals surface area contributed by atoms with E-state index in [9.17, 15) is 9.59 Å². The van der Waals surface area contributed by atoms with Gasteiger partial charge in [-0.05, 0) is 76.9 Å². The first-order chi connectivity index (χ1) is 16.6. The molecule has 0 aromatic carbocycles. The highest BCUT2D eigenvalue weighted by atomic mass is 16.5. The van der Waals surface area contributed by atoms with E-state index >= 15 is 0 Å². The summed E-state index contributed by atoms with van der Waals surface area (Å²) < 4.78 is 17.2. The number of nitrogens with zero attached hydrogens (tertiary/aromatic N) is 5. The third kappa shape index (κ3) is 6.16. The average molecular weight is 485 g/mol. The third-order valence-electron chi connectivity index (χ3n) is 5.52. The second-order valence-electron chi connectivity index (χ2n) is 9.83. The van der Waals surface area contributed by atoms with E-state index in [1.54, 1.807) is 31.2 Å². The minimum atomic E-state index is -0.977. The molecule has 1 fully saturated rings. The smallest absolute Gasteiger partial charge is 0.251 e. The van der Waals surface area contributed by atoms with Gasteiger partial charge in [-0.1, -0.05) is 0 Å². The number of tetrazole rings is 1. The molecule has 4 rings (SSSR count). The van der Waals surface area contributed by atoms with Crippen molar-refractivity contribution < 1.29 is 23.2 Å². The summed E-state index contributed by atoms with van der Waals surface area (Å²) in [5, 5.41) is 15.3. The highest BCUT2D eigenvalue weighted by Gasteiger charge is 2.37. The molecule has 0 spiro atoms. The molecule has 1 aliphatic heterocycles. The second-order valence-corrected chi connectivity index (χ2v) is 9.83. The number of nitrogens with one attached hydrogen (secondary N) is 1. The summed E-state index contributed by atoms with van der Waals surface area (Å²) in [5.74, 6) is 1.80. The Morgan fingerprint density at radius 1 is 1.17 bits per heavy atom. The Morgan fingerprint density at radius 2 is 1.91 bits per heavy atom. The number of aromatic nitrogens is 4. The lowest BCUT2D eigenvalue weighted by Gasteiger charge is -2.33. The summed E-state index contributed by atoms with van der Waals surface area (Å²) >= 11 is 0. The highest BCUT2D eigenvalue weighted by molar-refractivity contribution is 5.88. The van der Waals surface area contributed by atoms with Gasteiger partial charge in [0.05, 0.1) is 6.10 Å². The summed E-state index contributed by atoms with van der Waals surface area (Å²) in [6.45, 7) is 9.93. The molecule has 3 aromatic heterocycles. The molecule has 0 bridgehead atoms. The van der Waals surface area contributed by atoms with E-state index in [4.69, 9.17) is 13.6 Å². The Hall–Kier alpha value is -3.47. The molecule has 4 heterocycles. The number of furan rings is 2. The van der Waals surface area contributed by atoms with Gasteiger partial charge in [0.25, 0.3) is 5.91 Å². The van der Waals surface area contributed by atoms with E-state index < -0.39 is 11.6 Å². The first-order valence-electron chi connectivity index (χ1n) is 11.7. The van der Waals surface area contributed by atoms with Crippen molar-refractivity contribution in [2.45, 2.75) is 71.7 Å². The molecular formula is C24H32N6O5. The topological polar surface area (TPSA) is 129 Å². The van der Waals surface area contributed by atoms with E-state index in [0.717, 1.165) is 18.6 Å². The predicted molar refractivity (Wildman–Crippen MR) is 125 cm³/mol. The normalized spacial score (nSPS) is 16.9. The Labute approximate surface area is 203 Å². The van der Waals surface area contributed by atoms with Crippen LogP contribution in [0.15, 0.2) is 33.1 Å². The quantitative estimate of drug-likeness (QED) is 0.517. The number of ether oxygens (including phenoxy) is 1. The molecular weight excluding hydrogens is 452 g/mol. The van der Waals surface area contributed by atoms with E-state index in [1.807, 2.05) is 27.7 Å². The molecule has 2 amide bonds. The largest absolute Gasteiger partial charge is 0.464 e. The zero-order valence-electron chi connectivity index (χ0n) is 20.8. The van der Waals surface area contributed by atoms with Crippen LogP contribution in [0.5, 0.6) is 0 Å². The van der Waals surface area contributed by atoms with Crippen LogP contribution in [0, 0.1) is 13.8 Å². The first-order valence-corrected chi connectivity index (χ1v) is 11.7. The van der Waals surface area contributed by atoms with Crippen molar-refractivity contribution in [2.75, 3.05) is 13.2 Å². The van der Waals surface area contributed by atoms with Gasteiger partial charge in [0.2, 0.25) is 11.7 Å². The Morgan fingerprint density at radius 3 is 2.51 bits per heavy atom. The molecule has 11 heteroatoms. The lowest BCUT2D eigenvalue weighted by atomic mass is 10.1. The minimum Gasteiger partial charge on any atom is -0.464 e. The zero-order chi connectivity index (χ0) is 25.2. The molecule has 3 aromatic rings. The van der Waals surface area contributed by atoms with Crippen LogP contribution < -0.4 is 5.32 Å². The fraction of sp³-hybridized carbons (Fsp3) is 0.542. The summed E-state index contributed by atoms with van der Waals surface area (Å²) in [5.41, 5.74) is -0.501. The summed E-state index contributed by atoms with van der Waals surface area (Å²) in [7, 11) is 0. The molecule has 1 aliphatic rings. The number of carbonyl (C=O) groups excluding carboxylic acids is 2. The summed E-state index contributed by atoms with van der Waals surface area (Å²) in [4.78, 5) is 29.8. The lowest BCUT2D eigenvalue weighted by molar-refractivity contribution is -0.144. The van der Waals surface area contributed by atoms with Crippen molar-refractivity contribution >= 4 is 11.8 Å². The molecule has 1 saturated heterocycles. The molecule has 1 N–H and O–H groups in total. The Kier molecular flexibility index (Phi) is 7.06. The van der Waals surface area contributed by atoms with E-state index in [0.29, 0.717) is 23.9 Å². The van der Waals surface area contributed by atoms with E-state index in [2.05, 4.69) is 20.7 Å². The third-order valence-corrected chi connectivity index (χ3v) is 5.52. The maximum absolute atomic E-state index is 13.6. The van der Waals surface area contributed by atoms with Crippen molar-refractivity contribution in [1.82, 2.24) is 30.4 Å². The minimum absolute atomic E-state index is 0.176. The Balaban J connectivity index is 1.62. The molecule has 0 aliphatic carbocycles. The maximum atomic E-state index is 13.6. The van der Waals surface area contributed by atoms with Crippen LogP contribution in [0.25, 0.3) is 11.6 Å². The zero-order valence-corrected chi connectivity index (χ0v) is 20.8. The van der Waals surface area contributed by atoms with Gasteiger partial charge in [-0.2, -0.15) is 4.80 Å². The van der Waals surface area contributed by atoms with Crippen LogP contribution in [-0.4, -0.2) is 61.7 Å². The van der Waals surface area contributed by atoms with Crippen molar-refractivity contribution in [2.24, 2.45) is 0 Å². The monoisotopic (exact) mass is 484 g/mol. The molecule has 2 atom stereocenters. The van der Waals surface area contributed by atoms with Gasteiger partial charge in [0.1, 0.15) is 23.8 Å². The number of carbonyl (C=O) groups is 2. The van der Waals surface area contributed by atoms with Gasteiger partial charge in [-0.3, -0.25) is 9.59 Å². The van der Waals surface area contributed by atoms with Crippen molar-refractivity contribution in [1.29, 1.82) is 0 Å². The fourth-order valence-electron chi connectivity index (χ4n) is 4.00. The maximum Gasteiger partial charge on any atom is 0.251 e. The van der Waals surface area contributed by atoms with Crippen LogP contribution in [0.2, 0.25) is 0 Å². The second kappa shape index (κ2) is 10.0. The van der Waals surface area contributed by atoms with Gasteiger partial charge in [0, 0.05) is 18.7 Å². The van der Waals surface area contributed by atoms with Crippen LogP contribution in [0.1, 0.15) is 56.9 Å². The molecule has 35 heavy (non-hydrogen) atoms. The standard InChI is InChI=1S/C24H32N6O5/c1-15-8-10-18(34-15)21(23(32)25-24(3,4)5)29(13-17-7-6-12-33-17)20(31)14-30-27-22(26-28-30)19-11-9-16(2)35-19/h8-11,17,21H,6-7,12-14H2,1-5H3,(H,25,32)/t17-,21-/m1/s1. The lowest BCUT2D eigenvalue weighted by Crippen LogP contribution is -2.51. The fourth-order valence-corrected chi connectivity index (χ4v) is 4.00. The van der Waals surface area contributed by atoms with Crippen molar-refractivity contribution in [3.63, 3.8) is 0 Å². The van der Waals surface area contributed by atoms with Gasteiger partial charge in [0.15, 0.2) is 11.8 Å². The number of hydrogen-bond acceptors (Lipinski definition) is 8. The van der Waals surface area contributed by atoms with Crippen LogP contribution >= 0.6 is 0 Å². The molecule has 0 unspecified atom stereocenters. The highest BCUT2D eigenvalue weighted by Crippen LogP contribution is 2.27. The Bertz CT molecular complexity index is 1170. The van der Waals surface area contributed by atoms with Crippen LogP contribution in [-0.2, 0) is 20.9 Å². The number of rotatable bonds is 8. The van der Waals surface area contributed by atoms with Crippen molar-refractivity contribution in [3.05, 3.63) is 41.5 Å². The number of hydrogen-bond donors (Lipinski definition) is 1. The predicted octanol–water partition coefficient (Wildman–Crippen LogP) is 2.81. The number of amides is 2. The first kappa shape index (κ1) is 24.6. The summed E-state index contributed by atoms with van der Waals surface area (Å²) in [6, 6.07) is 6.07. The summed E-state index contributed by atoms with van der Waals surface area (Å²) in [6.07, 6.45) is 1.53. The number of aryl methyl sites for hydroxylation is 2.